The van der Waals surface area contributed by atoms with Gasteiger partial charge in [-0.25, -0.2) is 8.42 Å². The van der Waals surface area contributed by atoms with Crippen molar-refractivity contribution < 1.29 is 17.7 Å². The van der Waals surface area contributed by atoms with Gasteiger partial charge in [-0.2, -0.15) is 0 Å². The summed E-state index contributed by atoms with van der Waals surface area (Å²) in [5, 5.41) is 6.69. The van der Waals surface area contributed by atoms with Crippen LogP contribution in [0.25, 0.3) is 0 Å². The van der Waals surface area contributed by atoms with Gasteiger partial charge < -0.3 is 9.84 Å². The highest BCUT2D eigenvalue weighted by Gasteiger charge is 2.28. The van der Waals surface area contributed by atoms with Gasteiger partial charge in [0.15, 0.2) is 5.76 Å². The SMILES string of the molecule is Cc1noc(C(C)C)c1C(=O)Nc1cccc(N2CCCS2(=O)=O)c1. The summed E-state index contributed by atoms with van der Waals surface area (Å²) in [6.45, 7) is 6.03. The van der Waals surface area contributed by atoms with Gasteiger partial charge in [0.05, 0.1) is 17.1 Å². The summed E-state index contributed by atoms with van der Waals surface area (Å²) in [4.78, 5) is 12.6. The molecule has 1 aromatic carbocycles. The lowest BCUT2D eigenvalue weighted by atomic mass is 10.0. The van der Waals surface area contributed by atoms with Crippen molar-refractivity contribution in [1.29, 1.82) is 0 Å². The van der Waals surface area contributed by atoms with E-state index in [-0.39, 0.29) is 17.6 Å². The first-order valence-corrected chi connectivity index (χ1v) is 9.78. The number of sulfonamides is 1. The van der Waals surface area contributed by atoms with Gasteiger partial charge in [0.2, 0.25) is 10.0 Å². The normalized spacial score (nSPS) is 16.4. The van der Waals surface area contributed by atoms with Crippen molar-refractivity contribution in [2.24, 2.45) is 0 Å². The minimum absolute atomic E-state index is 0.0306. The van der Waals surface area contributed by atoms with E-state index in [1.54, 1.807) is 31.2 Å². The number of amides is 1. The topological polar surface area (TPSA) is 92.5 Å². The summed E-state index contributed by atoms with van der Waals surface area (Å²) >= 11 is 0. The Morgan fingerprint density at radius 3 is 2.76 bits per heavy atom. The summed E-state index contributed by atoms with van der Waals surface area (Å²) in [7, 11) is -3.26. The van der Waals surface area contributed by atoms with Gasteiger partial charge in [0, 0.05) is 18.2 Å². The van der Waals surface area contributed by atoms with Crippen LogP contribution < -0.4 is 9.62 Å². The molecule has 0 spiro atoms. The molecule has 7 nitrogen and oxygen atoms in total. The quantitative estimate of drug-likeness (QED) is 0.902. The predicted molar refractivity (Wildman–Crippen MR) is 95.5 cm³/mol. The van der Waals surface area contributed by atoms with Crippen molar-refractivity contribution in [3.63, 3.8) is 0 Å². The van der Waals surface area contributed by atoms with Crippen LogP contribution in [0, 0.1) is 6.92 Å². The summed E-state index contributed by atoms with van der Waals surface area (Å²) < 4.78 is 30.8. The van der Waals surface area contributed by atoms with Crippen molar-refractivity contribution in [1.82, 2.24) is 5.16 Å². The number of aryl methyl sites for hydroxylation is 1. The van der Waals surface area contributed by atoms with Crippen molar-refractivity contribution in [2.75, 3.05) is 21.9 Å². The Bertz CT molecular complexity index is 902. The van der Waals surface area contributed by atoms with E-state index in [0.29, 0.717) is 41.4 Å². The average Bonchev–Trinajstić information content (AvgIpc) is 3.09. The minimum Gasteiger partial charge on any atom is -0.360 e. The lowest BCUT2D eigenvalue weighted by Crippen LogP contribution is -2.25. The highest BCUT2D eigenvalue weighted by atomic mass is 32.2. The van der Waals surface area contributed by atoms with Gasteiger partial charge in [0.25, 0.3) is 5.91 Å². The van der Waals surface area contributed by atoms with Crippen molar-refractivity contribution >= 4 is 27.3 Å². The molecule has 0 unspecified atom stereocenters. The molecule has 0 saturated carbocycles. The number of aromatic nitrogens is 1. The highest BCUT2D eigenvalue weighted by molar-refractivity contribution is 7.93. The Morgan fingerprint density at radius 1 is 1.36 bits per heavy atom. The molecule has 1 fully saturated rings. The average molecular weight is 363 g/mol. The Balaban J connectivity index is 1.86. The number of nitrogens with zero attached hydrogens (tertiary/aromatic N) is 2. The van der Waals surface area contributed by atoms with Crippen LogP contribution in [0.2, 0.25) is 0 Å². The van der Waals surface area contributed by atoms with E-state index in [0.717, 1.165) is 0 Å². The molecule has 1 aromatic heterocycles. The fourth-order valence-corrected chi connectivity index (χ4v) is 4.48. The number of anilines is 2. The van der Waals surface area contributed by atoms with Crippen LogP contribution in [0.1, 0.15) is 48.0 Å². The lowest BCUT2D eigenvalue weighted by Gasteiger charge is -2.17. The lowest BCUT2D eigenvalue weighted by molar-refractivity contribution is 0.102. The van der Waals surface area contributed by atoms with E-state index >= 15 is 0 Å². The number of carbonyl (C=O) groups is 1. The Morgan fingerprint density at radius 2 is 2.12 bits per heavy atom. The summed E-state index contributed by atoms with van der Waals surface area (Å²) in [5.74, 6) is 0.404. The van der Waals surface area contributed by atoms with Gasteiger partial charge in [-0.15, -0.1) is 0 Å². The second-order valence-corrected chi connectivity index (χ2v) is 8.42. The van der Waals surface area contributed by atoms with Crippen LogP contribution in [-0.4, -0.2) is 31.8 Å². The smallest absolute Gasteiger partial charge is 0.261 e. The van der Waals surface area contributed by atoms with Gasteiger partial charge in [0.1, 0.15) is 5.56 Å². The monoisotopic (exact) mass is 363 g/mol. The number of hydrogen-bond acceptors (Lipinski definition) is 5. The molecule has 2 heterocycles. The molecule has 8 heteroatoms. The van der Waals surface area contributed by atoms with E-state index in [9.17, 15) is 13.2 Å². The largest absolute Gasteiger partial charge is 0.360 e. The number of rotatable bonds is 4. The van der Waals surface area contributed by atoms with Crippen LogP contribution in [0.5, 0.6) is 0 Å². The molecule has 0 radical (unpaired) electrons. The molecular formula is C17H21N3O4S. The molecule has 1 N–H and O–H groups in total. The first-order valence-electron chi connectivity index (χ1n) is 8.17. The molecule has 134 valence electrons. The zero-order chi connectivity index (χ0) is 18.2. The molecule has 0 atom stereocenters. The van der Waals surface area contributed by atoms with Gasteiger partial charge in [-0.05, 0) is 31.5 Å². The molecular weight excluding hydrogens is 342 g/mol. The predicted octanol–water partition coefficient (Wildman–Crippen LogP) is 2.90. The van der Waals surface area contributed by atoms with Crippen LogP contribution >= 0.6 is 0 Å². The molecule has 0 aliphatic carbocycles. The minimum atomic E-state index is -3.26. The maximum absolute atomic E-state index is 12.6. The van der Waals surface area contributed by atoms with Crippen molar-refractivity contribution in [3.05, 3.63) is 41.3 Å². The van der Waals surface area contributed by atoms with Crippen molar-refractivity contribution in [3.8, 4) is 0 Å². The molecule has 25 heavy (non-hydrogen) atoms. The third kappa shape index (κ3) is 3.39. The zero-order valence-electron chi connectivity index (χ0n) is 14.4. The van der Waals surface area contributed by atoms with Gasteiger partial charge >= 0.3 is 0 Å². The third-order valence-electron chi connectivity index (χ3n) is 4.13. The first-order chi connectivity index (χ1) is 11.8. The Hall–Kier alpha value is -2.35. The molecule has 0 bridgehead atoms. The molecule has 1 aliphatic heterocycles. The van der Waals surface area contributed by atoms with E-state index in [2.05, 4.69) is 10.5 Å². The number of nitrogens with one attached hydrogen (secondary N) is 1. The molecule has 2 aromatic rings. The second kappa shape index (κ2) is 6.51. The van der Waals surface area contributed by atoms with Crippen LogP contribution in [0.4, 0.5) is 11.4 Å². The zero-order valence-corrected chi connectivity index (χ0v) is 15.3. The highest BCUT2D eigenvalue weighted by Crippen LogP contribution is 2.28. The van der Waals surface area contributed by atoms with Crippen LogP contribution in [-0.2, 0) is 10.0 Å². The van der Waals surface area contributed by atoms with Crippen molar-refractivity contribution in [2.45, 2.75) is 33.1 Å². The molecule has 3 rings (SSSR count). The standard InChI is InChI=1S/C17H21N3O4S/c1-11(2)16-15(12(3)19-24-16)17(21)18-13-6-4-7-14(10-13)20-8-5-9-25(20,22)23/h4,6-7,10-11H,5,8-9H2,1-3H3,(H,18,21). The number of hydrogen-bond donors (Lipinski definition) is 1. The van der Waals surface area contributed by atoms with Gasteiger partial charge in [-0.3, -0.25) is 9.10 Å². The number of carbonyl (C=O) groups excluding carboxylic acids is 1. The van der Waals surface area contributed by atoms with Crippen LogP contribution in [0.15, 0.2) is 28.8 Å². The van der Waals surface area contributed by atoms with Gasteiger partial charge in [-0.1, -0.05) is 25.1 Å². The maximum Gasteiger partial charge on any atom is 0.261 e. The molecule has 1 amide bonds. The summed E-state index contributed by atoms with van der Waals surface area (Å²) in [5.41, 5.74) is 2.04. The van der Waals surface area contributed by atoms with E-state index < -0.39 is 10.0 Å². The molecule has 1 aliphatic rings. The molecule has 1 saturated heterocycles. The van der Waals surface area contributed by atoms with E-state index in [4.69, 9.17) is 4.52 Å². The van der Waals surface area contributed by atoms with E-state index in [1.165, 1.54) is 4.31 Å². The Kier molecular flexibility index (Phi) is 4.55. The van der Waals surface area contributed by atoms with Crippen LogP contribution in [0.3, 0.4) is 0 Å². The summed E-state index contributed by atoms with van der Waals surface area (Å²) in [6.07, 6.45) is 0.608. The fourth-order valence-electron chi connectivity index (χ4n) is 2.92. The fraction of sp³-hybridized carbons (Fsp3) is 0.412. The second-order valence-electron chi connectivity index (χ2n) is 6.41. The Labute approximate surface area is 147 Å². The maximum atomic E-state index is 12.6. The first kappa shape index (κ1) is 17.5. The summed E-state index contributed by atoms with van der Waals surface area (Å²) in [6, 6.07) is 6.84. The third-order valence-corrected chi connectivity index (χ3v) is 6.00. The number of benzene rings is 1. The van der Waals surface area contributed by atoms with E-state index in [1.807, 2.05) is 13.8 Å².